The molecule has 1 aliphatic carbocycles. The first kappa shape index (κ1) is 16.2. The smallest absolute Gasteiger partial charge is 0.410 e. The van der Waals surface area contributed by atoms with Crippen molar-refractivity contribution in [3.8, 4) is 5.75 Å². The van der Waals surface area contributed by atoms with Crippen molar-refractivity contribution in [2.75, 3.05) is 19.7 Å². The molecule has 1 aromatic rings. The Morgan fingerprint density at radius 1 is 1.39 bits per heavy atom. The molecule has 2 amide bonds. The van der Waals surface area contributed by atoms with E-state index in [-0.39, 0.29) is 31.3 Å². The quantitative estimate of drug-likeness (QED) is 0.847. The van der Waals surface area contributed by atoms with Gasteiger partial charge in [-0.05, 0) is 31.0 Å². The largest absolute Gasteiger partial charge is 0.482 e. The van der Waals surface area contributed by atoms with E-state index in [1.807, 2.05) is 0 Å². The van der Waals surface area contributed by atoms with Crippen LogP contribution in [0.15, 0.2) is 18.2 Å². The van der Waals surface area contributed by atoms with Gasteiger partial charge in [0.2, 0.25) is 0 Å². The van der Waals surface area contributed by atoms with Gasteiger partial charge in [0.05, 0.1) is 18.1 Å². The second kappa shape index (κ2) is 6.84. The SMILES string of the molecule is O=C(COc1ccc(Cl)cc1Cl)NCC1CN(C2CC2)C(=O)O1. The summed E-state index contributed by atoms with van der Waals surface area (Å²) in [4.78, 5) is 25.2. The molecule has 1 aromatic carbocycles. The molecule has 1 saturated carbocycles. The van der Waals surface area contributed by atoms with Gasteiger partial charge in [0.1, 0.15) is 11.9 Å². The maximum Gasteiger partial charge on any atom is 0.410 e. The molecule has 3 rings (SSSR count). The second-order valence-corrected chi connectivity index (χ2v) is 6.40. The molecule has 6 nitrogen and oxygen atoms in total. The number of hydrogen-bond donors (Lipinski definition) is 1. The van der Waals surface area contributed by atoms with E-state index >= 15 is 0 Å². The maximum absolute atomic E-state index is 11.8. The van der Waals surface area contributed by atoms with Crippen molar-refractivity contribution in [2.45, 2.75) is 25.0 Å². The summed E-state index contributed by atoms with van der Waals surface area (Å²) in [6.07, 6.45) is 1.45. The lowest BCUT2D eigenvalue weighted by atomic mass is 10.3. The minimum absolute atomic E-state index is 0.172. The van der Waals surface area contributed by atoms with Gasteiger partial charge in [0, 0.05) is 11.1 Å². The number of nitrogens with zero attached hydrogens (tertiary/aromatic N) is 1. The lowest BCUT2D eigenvalue weighted by molar-refractivity contribution is -0.123. The molecule has 1 heterocycles. The van der Waals surface area contributed by atoms with E-state index in [2.05, 4.69) is 5.32 Å². The Morgan fingerprint density at radius 2 is 2.17 bits per heavy atom. The van der Waals surface area contributed by atoms with Gasteiger partial charge in [-0.15, -0.1) is 0 Å². The van der Waals surface area contributed by atoms with Crippen LogP contribution in [0.25, 0.3) is 0 Å². The Kier molecular flexibility index (Phi) is 4.82. The van der Waals surface area contributed by atoms with Crippen LogP contribution in [0, 0.1) is 0 Å². The third kappa shape index (κ3) is 4.20. The number of carbonyl (C=O) groups excluding carboxylic acids is 2. The highest BCUT2D eigenvalue weighted by atomic mass is 35.5. The highest BCUT2D eigenvalue weighted by molar-refractivity contribution is 6.35. The van der Waals surface area contributed by atoms with Crippen molar-refractivity contribution in [1.29, 1.82) is 0 Å². The van der Waals surface area contributed by atoms with Crippen molar-refractivity contribution in [2.24, 2.45) is 0 Å². The van der Waals surface area contributed by atoms with Crippen LogP contribution in [0.4, 0.5) is 4.79 Å². The number of amides is 2. The van der Waals surface area contributed by atoms with Crippen LogP contribution < -0.4 is 10.1 Å². The topological polar surface area (TPSA) is 67.9 Å². The fraction of sp³-hybridized carbons (Fsp3) is 0.467. The lowest BCUT2D eigenvalue weighted by Gasteiger charge is -2.12. The Balaban J connectivity index is 1.40. The molecule has 1 aliphatic heterocycles. The van der Waals surface area contributed by atoms with Crippen LogP contribution in [0.5, 0.6) is 5.75 Å². The zero-order chi connectivity index (χ0) is 16.4. The van der Waals surface area contributed by atoms with Crippen LogP contribution in [0.2, 0.25) is 10.0 Å². The van der Waals surface area contributed by atoms with Gasteiger partial charge in [-0.1, -0.05) is 23.2 Å². The van der Waals surface area contributed by atoms with Gasteiger partial charge < -0.3 is 19.7 Å². The molecule has 2 fully saturated rings. The third-order valence-electron chi connectivity index (χ3n) is 3.67. The number of carbonyl (C=O) groups is 2. The predicted octanol–water partition coefficient (Wildman–Crippen LogP) is 2.47. The van der Waals surface area contributed by atoms with Crippen LogP contribution in [-0.2, 0) is 9.53 Å². The minimum atomic E-state index is -0.314. The molecule has 1 unspecified atom stereocenters. The molecule has 23 heavy (non-hydrogen) atoms. The van der Waals surface area contributed by atoms with E-state index in [1.165, 1.54) is 0 Å². The maximum atomic E-state index is 11.8. The van der Waals surface area contributed by atoms with Crippen molar-refractivity contribution in [3.63, 3.8) is 0 Å². The summed E-state index contributed by atoms with van der Waals surface area (Å²) in [5, 5.41) is 3.53. The van der Waals surface area contributed by atoms with Crippen molar-refractivity contribution >= 4 is 35.2 Å². The second-order valence-electron chi connectivity index (χ2n) is 5.56. The third-order valence-corrected chi connectivity index (χ3v) is 4.20. The fourth-order valence-corrected chi connectivity index (χ4v) is 2.81. The highest BCUT2D eigenvalue weighted by Gasteiger charge is 2.40. The summed E-state index contributed by atoms with van der Waals surface area (Å²) in [5.74, 6) is 0.0790. The molecule has 1 atom stereocenters. The summed E-state index contributed by atoms with van der Waals surface area (Å²) in [6, 6.07) is 5.09. The van der Waals surface area contributed by atoms with Gasteiger partial charge in [-0.2, -0.15) is 0 Å². The number of nitrogens with one attached hydrogen (secondary N) is 1. The van der Waals surface area contributed by atoms with Gasteiger partial charge in [-0.3, -0.25) is 4.79 Å². The first-order valence-corrected chi connectivity index (χ1v) is 8.10. The predicted molar refractivity (Wildman–Crippen MR) is 85.0 cm³/mol. The van der Waals surface area contributed by atoms with E-state index < -0.39 is 0 Å². The van der Waals surface area contributed by atoms with E-state index in [9.17, 15) is 9.59 Å². The molecule has 1 saturated heterocycles. The molecule has 0 aromatic heterocycles. The standard InChI is InChI=1S/C15H16Cl2N2O4/c16-9-1-4-13(12(17)5-9)22-8-14(20)18-6-11-7-19(10-2-3-10)15(21)23-11/h1,4-5,10-11H,2-3,6-8H2,(H,18,20). The van der Waals surface area contributed by atoms with E-state index in [0.717, 1.165) is 12.8 Å². The van der Waals surface area contributed by atoms with Gasteiger partial charge >= 0.3 is 6.09 Å². The molecule has 1 N–H and O–H groups in total. The molecular formula is C15H16Cl2N2O4. The van der Waals surface area contributed by atoms with Crippen LogP contribution in [0.3, 0.4) is 0 Å². The van der Waals surface area contributed by atoms with Gasteiger partial charge in [-0.25, -0.2) is 4.79 Å². The first-order chi connectivity index (χ1) is 11.0. The summed E-state index contributed by atoms with van der Waals surface area (Å²) >= 11 is 11.7. The van der Waals surface area contributed by atoms with Gasteiger partial charge in [0.15, 0.2) is 6.61 Å². The minimum Gasteiger partial charge on any atom is -0.482 e. The first-order valence-electron chi connectivity index (χ1n) is 7.35. The molecule has 0 spiro atoms. The Hall–Kier alpha value is -1.66. The van der Waals surface area contributed by atoms with E-state index in [1.54, 1.807) is 23.1 Å². The average molecular weight is 359 g/mol. The number of cyclic esters (lactones) is 1. The average Bonchev–Trinajstić information content (AvgIpc) is 3.27. The molecule has 8 heteroatoms. The summed E-state index contributed by atoms with van der Waals surface area (Å²) in [6.45, 7) is 0.619. The van der Waals surface area contributed by atoms with Crippen molar-refractivity contribution in [1.82, 2.24) is 10.2 Å². The van der Waals surface area contributed by atoms with E-state index in [4.69, 9.17) is 32.7 Å². The Morgan fingerprint density at radius 3 is 2.87 bits per heavy atom. The normalized spacial score (nSPS) is 20.3. The summed E-state index contributed by atoms with van der Waals surface area (Å²) in [5.41, 5.74) is 0. The summed E-state index contributed by atoms with van der Waals surface area (Å²) < 4.78 is 10.6. The van der Waals surface area contributed by atoms with Crippen molar-refractivity contribution in [3.05, 3.63) is 28.2 Å². The van der Waals surface area contributed by atoms with Crippen LogP contribution in [-0.4, -0.2) is 48.7 Å². The molecular weight excluding hydrogens is 343 g/mol. The number of ether oxygens (including phenoxy) is 2. The number of benzene rings is 1. The highest BCUT2D eigenvalue weighted by Crippen LogP contribution is 2.30. The van der Waals surface area contributed by atoms with Crippen LogP contribution in [0.1, 0.15) is 12.8 Å². The fourth-order valence-electron chi connectivity index (χ4n) is 2.35. The molecule has 2 aliphatic rings. The Bertz CT molecular complexity index is 621. The molecule has 0 radical (unpaired) electrons. The number of hydrogen-bond acceptors (Lipinski definition) is 4. The molecule has 124 valence electrons. The zero-order valence-electron chi connectivity index (χ0n) is 12.3. The number of rotatable bonds is 6. The van der Waals surface area contributed by atoms with Gasteiger partial charge in [0.25, 0.3) is 5.91 Å². The molecule has 0 bridgehead atoms. The van der Waals surface area contributed by atoms with E-state index in [0.29, 0.717) is 28.4 Å². The lowest BCUT2D eigenvalue weighted by Crippen LogP contribution is -2.37. The Labute approximate surface area is 143 Å². The zero-order valence-corrected chi connectivity index (χ0v) is 13.8. The number of halogens is 2. The van der Waals surface area contributed by atoms with Crippen LogP contribution >= 0.6 is 23.2 Å². The summed E-state index contributed by atoms with van der Waals surface area (Å²) in [7, 11) is 0. The monoisotopic (exact) mass is 358 g/mol. The van der Waals surface area contributed by atoms with Crippen molar-refractivity contribution < 1.29 is 19.1 Å².